The molecule has 0 N–H and O–H groups in total. The van der Waals surface area contributed by atoms with Crippen LogP contribution >= 0.6 is 11.6 Å². The molecule has 2 aromatic heterocycles. The van der Waals surface area contributed by atoms with E-state index in [9.17, 15) is 0 Å². The maximum Gasteiger partial charge on any atom is 0.162 e. The fraction of sp³-hybridized carbons (Fsp3) is 0.235. The highest BCUT2D eigenvalue weighted by Gasteiger charge is 2.12. The monoisotopic (exact) mass is 345 g/mol. The Bertz CT molecular complexity index is 840. The molecule has 0 spiro atoms. The Hall–Kier alpha value is -2.44. The van der Waals surface area contributed by atoms with Crippen LogP contribution in [0.15, 0.2) is 36.7 Å². The van der Waals surface area contributed by atoms with Gasteiger partial charge in [0.15, 0.2) is 11.5 Å². The standard InChI is InChI=1S/C17H16ClN3O3/c1-22-5-6-24-16-7-12-13(11-3-4-17(18)19-9-11)10-20-21-14(12)8-15(16)23-2/h3-4,7-10H,5-6H2,1-2H3. The van der Waals surface area contributed by atoms with E-state index >= 15 is 0 Å². The summed E-state index contributed by atoms with van der Waals surface area (Å²) in [6, 6.07) is 7.32. The number of rotatable bonds is 6. The molecule has 0 unspecified atom stereocenters. The molecule has 0 atom stereocenters. The molecule has 1 aromatic carbocycles. The molecule has 0 fully saturated rings. The molecule has 24 heavy (non-hydrogen) atoms. The number of nitrogens with zero attached hydrogens (tertiary/aromatic N) is 3. The lowest BCUT2D eigenvalue weighted by Crippen LogP contribution is -2.05. The van der Waals surface area contributed by atoms with E-state index in [2.05, 4.69) is 15.2 Å². The number of fused-ring (bicyclic) bond motifs is 1. The topological polar surface area (TPSA) is 66.4 Å². The van der Waals surface area contributed by atoms with E-state index in [1.165, 1.54) is 0 Å². The SMILES string of the molecule is COCCOc1cc2c(-c3ccc(Cl)nc3)cnnc2cc1OC. The Morgan fingerprint density at radius 1 is 1.04 bits per heavy atom. The summed E-state index contributed by atoms with van der Waals surface area (Å²) in [5.41, 5.74) is 2.49. The number of ether oxygens (including phenoxy) is 3. The van der Waals surface area contributed by atoms with Gasteiger partial charge in [0.2, 0.25) is 0 Å². The number of aromatic nitrogens is 3. The average Bonchev–Trinajstić information content (AvgIpc) is 2.61. The summed E-state index contributed by atoms with van der Waals surface area (Å²) in [4.78, 5) is 4.12. The molecule has 3 rings (SSSR count). The second kappa shape index (κ2) is 7.42. The highest BCUT2D eigenvalue weighted by atomic mass is 35.5. The number of hydrogen-bond acceptors (Lipinski definition) is 6. The van der Waals surface area contributed by atoms with E-state index in [0.29, 0.717) is 35.4 Å². The summed E-state index contributed by atoms with van der Waals surface area (Å²) >= 11 is 5.87. The van der Waals surface area contributed by atoms with Crippen molar-refractivity contribution in [2.45, 2.75) is 0 Å². The first-order valence-corrected chi connectivity index (χ1v) is 7.68. The molecule has 0 aliphatic carbocycles. The normalized spacial score (nSPS) is 10.8. The van der Waals surface area contributed by atoms with Crippen LogP contribution in [0, 0.1) is 0 Å². The molecular formula is C17H16ClN3O3. The van der Waals surface area contributed by atoms with Gasteiger partial charge in [-0.15, -0.1) is 0 Å². The van der Waals surface area contributed by atoms with Gasteiger partial charge in [-0.1, -0.05) is 11.6 Å². The minimum Gasteiger partial charge on any atom is -0.493 e. The molecular weight excluding hydrogens is 330 g/mol. The average molecular weight is 346 g/mol. The van der Waals surface area contributed by atoms with Crippen molar-refractivity contribution in [3.63, 3.8) is 0 Å². The molecule has 0 radical (unpaired) electrons. The van der Waals surface area contributed by atoms with Crippen LogP contribution < -0.4 is 9.47 Å². The van der Waals surface area contributed by atoms with Crippen molar-refractivity contribution in [2.24, 2.45) is 0 Å². The lowest BCUT2D eigenvalue weighted by molar-refractivity contribution is 0.144. The Balaban J connectivity index is 2.10. The van der Waals surface area contributed by atoms with Gasteiger partial charge in [-0.3, -0.25) is 0 Å². The summed E-state index contributed by atoms with van der Waals surface area (Å²) in [5, 5.41) is 9.57. The van der Waals surface area contributed by atoms with Crippen LogP contribution in [-0.2, 0) is 4.74 Å². The van der Waals surface area contributed by atoms with E-state index in [0.717, 1.165) is 16.5 Å². The largest absolute Gasteiger partial charge is 0.493 e. The molecule has 0 amide bonds. The molecule has 7 heteroatoms. The summed E-state index contributed by atoms with van der Waals surface area (Å²) in [6.07, 6.45) is 3.40. The molecule has 0 aliphatic rings. The fourth-order valence-electron chi connectivity index (χ4n) is 2.34. The second-order valence-electron chi connectivity index (χ2n) is 4.99. The van der Waals surface area contributed by atoms with Crippen molar-refractivity contribution in [3.8, 4) is 22.6 Å². The smallest absolute Gasteiger partial charge is 0.162 e. The number of hydrogen-bond donors (Lipinski definition) is 0. The summed E-state index contributed by atoms with van der Waals surface area (Å²) in [7, 11) is 3.22. The van der Waals surface area contributed by atoms with E-state index in [4.69, 9.17) is 25.8 Å². The molecule has 124 valence electrons. The van der Waals surface area contributed by atoms with Crippen molar-refractivity contribution in [1.82, 2.24) is 15.2 Å². The Labute approximate surface area is 144 Å². The first-order valence-electron chi connectivity index (χ1n) is 7.30. The van der Waals surface area contributed by atoms with Gasteiger partial charge in [-0.25, -0.2) is 4.98 Å². The maximum absolute atomic E-state index is 5.87. The zero-order valence-electron chi connectivity index (χ0n) is 13.3. The molecule has 0 saturated heterocycles. The maximum atomic E-state index is 5.87. The van der Waals surface area contributed by atoms with Crippen molar-refractivity contribution < 1.29 is 14.2 Å². The minimum absolute atomic E-state index is 0.425. The van der Waals surface area contributed by atoms with E-state index in [-0.39, 0.29) is 0 Å². The second-order valence-corrected chi connectivity index (χ2v) is 5.38. The van der Waals surface area contributed by atoms with Crippen LogP contribution in [0.2, 0.25) is 5.15 Å². The quantitative estimate of drug-likeness (QED) is 0.504. The molecule has 2 heterocycles. The lowest BCUT2D eigenvalue weighted by atomic mass is 10.0. The molecule has 0 aliphatic heterocycles. The predicted molar refractivity (Wildman–Crippen MR) is 91.7 cm³/mol. The van der Waals surface area contributed by atoms with Crippen LogP contribution in [0.3, 0.4) is 0 Å². The third-order valence-corrected chi connectivity index (χ3v) is 3.73. The Morgan fingerprint density at radius 2 is 1.92 bits per heavy atom. The fourth-order valence-corrected chi connectivity index (χ4v) is 2.45. The van der Waals surface area contributed by atoms with Gasteiger partial charge >= 0.3 is 0 Å². The Kier molecular flexibility index (Phi) is 5.08. The predicted octanol–water partition coefficient (Wildman–Crippen LogP) is 3.38. The molecule has 0 saturated carbocycles. The molecule has 3 aromatic rings. The highest BCUT2D eigenvalue weighted by Crippen LogP contribution is 2.35. The van der Waals surface area contributed by atoms with Crippen molar-refractivity contribution in [3.05, 3.63) is 41.8 Å². The van der Waals surface area contributed by atoms with E-state index in [1.807, 2.05) is 12.1 Å². The van der Waals surface area contributed by atoms with Gasteiger partial charge in [-0.2, -0.15) is 10.2 Å². The summed E-state index contributed by atoms with van der Waals surface area (Å²) in [6.45, 7) is 0.915. The van der Waals surface area contributed by atoms with Gasteiger partial charge in [0.05, 0.1) is 25.4 Å². The van der Waals surface area contributed by atoms with Crippen molar-refractivity contribution in [1.29, 1.82) is 0 Å². The third-order valence-electron chi connectivity index (χ3n) is 3.51. The van der Waals surface area contributed by atoms with E-state index in [1.54, 1.807) is 38.7 Å². The minimum atomic E-state index is 0.425. The molecule has 6 nitrogen and oxygen atoms in total. The molecule has 0 bridgehead atoms. The van der Waals surface area contributed by atoms with Crippen molar-refractivity contribution in [2.75, 3.05) is 27.4 Å². The Morgan fingerprint density at radius 3 is 2.62 bits per heavy atom. The van der Waals surface area contributed by atoms with E-state index < -0.39 is 0 Å². The van der Waals surface area contributed by atoms with Crippen LogP contribution in [-0.4, -0.2) is 42.6 Å². The zero-order chi connectivity index (χ0) is 16.9. The number of benzene rings is 1. The highest BCUT2D eigenvalue weighted by molar-refractivity contribution is 6.29. The third kappa shape index (κ3) is 3.39. The zero-order valence-corrected chi connectivity index (χ0v) is 14.1. The van der Waals surface area contributed by atoms with Gasteiger partial charge in [-0.05, 0) is 18.2 Å². The van der Waals surface area contributed by atoms with Crippen LogP contribution in [0.1, 0.15) is 0 Å². The van der Waals surface area contributed by atoms with Crippen LogP contribution in [0.25, 0.3) is 22.0 Å². The van der Waals surface area contributed by atoms with Gasteiger partial charge in [0, 0.05) is 35.9 Å². The summed E-state index contributed by atoms with van der Waals surface area (Å²) in [5.74, 6) is 1.22. The first kappa shape index (κ1) is 16.4. The van der Waals surface area contributed by atoms with Gasteiger partial charge in [0.1, 0.15) is 11.8 Å². The van der Waals surface area contributed by atoms with Gasteiger partial charge < -0.3 is 14.2 Å². The lowest BCUT2D eigenvalue weighted by Gasteiger charge is -2.13. The van der Waals surface area contributed by atoms with Crippen molar-refractivity contribution >= 4 is 22.5 Å². The van der Waals surface area contributed by atoms with Crippen LogP contribution in [0.4, 0.5) is 0 Å². The first-order chi connectivity index (χ1) is 11.7. The summed E-state index contributed by atoms with van der Waals surface area (Å²) < 4.78 is 16.2. The number of methoxy groups -OCH3 is 2. The number of pyridine rings is 1. The van der Waals surface area contributed by atoms with Gasteiger partial charge in [0.25, 0.3) is 0 Å². The van der Waals surface area contributed by atoms with Crippen LogP contribution in [0.5, 0.6) is 11.5 Å². The number of halogens is 1.